The molecule has 6 heteroatoms. The zero-order valence-electron chi connectivity index (χ0n) is 16.9. The summed E-state index contributed by atoms with van der Waals surface area (Å²) in [5, 5.41) is 4.03. The summed E-state index contributed by atoms with van der Waals surface area (Å²) in [6.07, 6.45) is 1.71. The molecule has 0 bridgehead atoms. The average Bonchev–Trinajstić information content (AvgIpc) is 3.23. The fourth-order valence-electron chi connectivity index (χ4n) is 3.76. The van der Waals surface area contributed by atoms with Crippen molar-refractivity contribution in [3.63, 3.8) is 0 Å². The van der Waals surface area contributed by atoms with Gasteiger partial charge in [0.15, 0.2) is 0 Å². The second-order valence-electron chi connectivity index (χ2n) is 7.67. The van der Waals surface area contributed by atoms with Gasteiger partial charge in [-0.2, -0.15) is 4.98 Å². The number of carbonyl (C=O) groups is 1. The van der Waals surface area contributed by atoms with Crippen LogP contribution in [-0.2, 0) is 11.3 Å². The van der Waals surface area contributed by atoms with E-state index in [0.29, 0.717) is 18.3 Å². The molecular weight excluding hydrogens is 364 g/mol. The summed E-state index contributed by atoms with van der Waals surface area (Å²) in [7, 11) is 1.81. The molecule has 0 atom stereocenters. The van der Waals surface area contributed by atoms with Gasteiger partial charge in [-0.3, -0.25) is 4.79 Å². The van der Waals surface area contributed by atoms with Crippen LogP contribution in [0.1, 0.15) is 24.3 Å². The molecular formula is C23H26N4O2. The van der Waals surface area contributed by atoms with Crippen LogP contribution < -0.4 is 4.90 Å². The first-order chi connectivity index (χ1) is 14.1. The molecule has 0 N–H and O–H groups in total. The summed E-state index contributed by atoms with van der Waals surface area (Å²) in [6.45, 7) is 4.21. The Morgan fingerprint density at radius 1 is 1.10 bits per heavy atom. The molecule has 1 saturated heterocycles. The van der Waals surface area contributed by atoms with E-state index in [9.17, 15) is 4.79 Å². The van der Waals surface area contributed by atoms with Crippen molar-refractivity contribution < 1.29 is 9.32 Å². The Morgan fingerprint density at radius 2 is 1.79 bits per heavy atom. The summed E-state index contributed by atoms with van der Waals surface area (Å²) < 4.78 is 5.35. The van der Waals surface area contributed by atoms with Gasteiger partial charge in [-0.1, -0.05) is 53.2 Å². The smallest absolute Gasteiger partial charge is 0.246 e. The van der Waals surface area contributed by atoms with Crippen LogP contribution in [0.3, 0.4) is 0 Å². The first-order valence-electron chi connectivity index (χ1n) is 10.0. The van der Waals surface area contributed by atoms with Gasteiger partial charge >= 0.3 is 0 Å². The minimum Gasteiger partial charge on any atom is -0.371 e. The molecule has 1 aliphatic rings. The van der Waals surface area contributed by atoms with Gasteiger partial charge in [-0.15, -0.1) is 0 Å². The van der Waals surface area contributed by atoms with Gasteiger partial charge in [0, 0.05) is 37.3 Å². The third-order valence-corrected chi connectivity index (χ3v) is 5.49. The number of anilines is 1. The van der Waals surface area contributed by atoms with Crippen LogP contribution in [0.4, 0.5) is 5.69 Å². The lowest BCUT2D eigenvalue weighted by molar-refractivity contribution is -0.135. The minimum absolute atomic E-state index is 0.0400. The molecule has 4 rings (SSSR count). The number of aromatic nitrogens is 2. The molecule has 2 heterocycles. The summed E-state index contributed by atoms with van der Waals surface area (Å²) in [5.41, 5.74) is 3.39. The standard InChI is InChI=1S/C23H26N4O2/c1-17-8-10-20(11-9-17)27-14-12-19(13-15-27)23(28)26(2)16-21-24-22(25-29-21)18-6-4-3-5-7-18/h3-11,19H,12-16H2,1-2H3. The molecule has 0 spiro atoms. The van der Waals surface area contributed by atoms with E-state index in [1.807, 2.05) is 30.3 Å². The van der Waals surface area contributed by atoms with E-state index in [2.05, 4.69) is 46.2 Å². The Hall–Kier alpha value is -3.15. The molecule has 0 radical (unpaired) electrons. The number of hydrogen-bond donors (Lipinski definition) is 0. The van der Waals surface area contributed by atoms with Gasteiger partial charge in [0.2, 0.25) is 17.6 Å². The lowest BCUT2D eigenvalue weighted by Gasteiger charge is -2.34. The number of nitrogens with zero attached hydrogens (tertiary/aromatic N) is 4. The first kappa shape index (κ1) is 19.2. The van der Waals surface area contributed by atoms with Crippen LogP contribution in [0.2, 0.25) is 0 Å². The Morgan fingerprint density at radius 3 is 2.48 bits per heavy atom. The highest BCUT2D eigenvalue weighted by molar-refractivity contribution is 5.78. The van der Waals surface area contributed by atoms with Crippen molar-refractivity contribution in [1.82, 2.24) is 15.0 Å². The number of rotatable bonds is 5. The zero-order chi connectivity index (χ0) is 20.2. The Bertz CT molecular complexity index is 945. The van der Waals surface area contributed by atoms with Gasteiger partial charge in [-0.05, 0) is 31.9 Å². The predicted molar refractivity (Wildman–Crippen MR) is 112 cm³/mol. The average molecular weight is 390 g/mol. The molecule has 3 aromatic rings. The maximum absolute atomic E-state index is 12.9. The number of aryl methyl sites for hydroxylation is 1. The number of piperidine rings is 1. The van der Waals surface area contributed by atoms with Crippen molar-refractivity contribution in [3.8, 4) is 11.4 Å². The van der Waals surface area contributed by atoms with Gasteiger partial charge in [0.05, 0.1) is 6.54 Å². The van der Waals surface area contributed by atoms with Crippen molar-refractivity contribution in [2.75, 3.05) is 25.0 Å². The van der Waals surface area contributed by atoms with Gasteiger partial charge in [0.1, 0.15) is 0 Å². The Kier molecular flexibility index (Phi) is 5.60. The zero-order valence-corrected chi connectivity index (χ0v) is 16.9. The summed E-state index contributed by atoms with van der Waals surface area (Å²) in [4.78, 5) is 21.4. The number of hydrogen-bond acceptors (Lipinski definition) is 5. The van der Waals surface area contributed by atoms with Crippen LogP contribution in [0.25, 0.3) is 11.4 Å². The molecule has 150 valence electrons. The monoisotopic (exact) mass is 390 g/mol. The van der Waals surface area contributed by atoms with Crippen LogP contribution >= 0.6 is 0 Å². The molecule has 1 aromatic heterocycles. The van der Waals surface area contributed by atoms with E-state index in [4.69, 9.17) is 4.52 Å². The minimum atomic E-state index is 0.0400. The van der Waals surface area contributed by atoms with Gasteiger partial charge in [0.25, 0.3) is 0 Å². The SMILES string of the molecule is Cc1ccc(N2CCC(C(=O)N(C)Cc3nc(-c4ccccc4)no3)CC2)cc1. The molecule has 1 amide bonds. The molecule has 0 unspecified atom stereocenters. The summed E-state index contributed by atoms with van der Waals surface area (Å²) in [5.74, 6) is 1.19. The van der Waals surface area contributed by atoms with Crippen LogP contribution in [0.5, 0.6) is 0 Å². The molecule has 0 aliphatic carbocycles. The van der Waals surface area contributed by atoms with Gasteiger partial charge in [-0.25, -0.2) is 0 Å². The summed E-state index contributed by atoms with van der Waals surface area (Å²) >= 11 is 0. The topological polar surface area (TPSA) is 62.5 Å². The highest BCUT2D eigenvalue weighted by Gasteiger charge is 2.28. The maximum atomic E-state index is 12.9. The van der Waals surface area contributed by atoms with Crippen molar-refractivity contribution in [2.24, 2.45) is 5.92 Å². The first-order valence-corrected chi connectivity index (χ1v) is 10.0. The van der Waals surface area contributed by atoms with Crippen molar-refractivity contribution in [1.29, 1.82) is 0 Å². The Labute approximate surface area is 171 Å². The predicted octanol–water partition coefficient (Wildman–Crippen LogP) is 3.92. The van der Waals surface area contributed by atoms with Crippen LogP contribution in [-0.4, -0.2) is 41.1 Å². The van der Waals surface area contributed by atoms with Crippen LogP contribution in [0.15, 0.2) is 59.1 Å². The normalized spacial score (nSPS) is 14.8. The highest BCUT2D eigenvalue weighted by atomic mass is 16.5. The van der Waals surface area contributed by atoms with E-state index in [1.54, 1.807) is 11.9 Å². The van der Waals surface area contributed by atoms with Crippen molar-refractivity contribution in [2.45, 2.75) is 26.3 Å². The lowest BCUT2D eigenvalue weighted by Crippen LogP contribution is -2.41. The Balaban J connectivity index is 1.32. The second kappa shape index (κ2) is 8.47. The van der Waals surface area contributed by atoms with E-state index in [-0.39, 0.29) is 11.8 Å². The number of carbonyl (C=O) groups excluding carboxylic acids is 1. The molecule has 29 heavy (non-hydrogen) atoms. The fraction of sp³-hybridized carbons (Fsp3) is 0.348. The van der Waals surface area contributed by atoms with E-state index >= 15 is 0 Å². The number of benzene rings is 2. The summed E-state index contributed by atoms with van der Waals surface area (Å²) in [6, 6.07) is 18.3. The lowest BCUT2D eigenvalue weighted by atomic mass is 9.95. The third kappa shape index (κ3) is 4.47. The molecule has 1 fully saturated rings. The fourth-order valence-corrected chi connectivity index (χ4v) is 3.76. The maximum Gasteiger partial charge on any atom is 0.246 e. The molecule has 0 saturated carbocycles. The van der Waals surface area contributed by atoms with E-state index < -0.39 is 0 Å². The quantitative estimate of drug-likeness (QED) is 0.661. The van der Waals surface area contributed by atoms with E-state index in [1.165, 1.54) is 11.3 Å². The van der Waals surface area contributed by atoms with E-state index in [0.717, 1.165) is 31.5 Å². The highest BCUT2D eigenvalue weighted by Crippen LogP contribution is 2.25. The third-order valence-electron chi connectivity index (χ3n) is 5.49. The molecule has 1 aliphatic heterocycles. The second-order valence-corrected chi connectivity index (χ2v) is 7.67. The van der Waals surface area contributed by atoms with Gasteiger partial charge < -0.3 is 14.3 Å². The molecule has 6 nitrogen and oxygen atoms in total. The van der Waals surface area contributed by atoms with Crippen LogP contribution in [0, 0.1) is 12.8 Å². The molecule has 2 aromatic carbocycles. The number of amides is 1. The largest absolute Gasteiger partial charge is 0.371 e. The van der Waals surface area contributed by atoms with Crippen molar-refractivity contribution >= 4 is 11.6 Å². The van der Waals surface area contributed by atoms with Crippen molar-refractivity contribution in [3.05, 3.63) is 66.1 Å².